The molecule has 7 heteroatoms. The molecule has 0 aromatic heterocycles. The van der Waals surface area contributed by atoms with E-state index in [1.54, 1.807) is 0 Å². The summed E-state index contributed by atoms with van der Waals surface area (Å²) >= 11 is 0. The van der Waals surface area contributed by atoms with Gasteiger partial charge in [0.1, 0.15) is 17.6 Å². The normalized spacial score (nSPS) is 12.4. The number of hydrogen-bond acceptors (Lipinski definition) is 7. The van der Waals surface area contributed by atoms with Crippen LogP contribution < -0.4 is 0 Å². The minimum atomic E-state index is -0.222. The van der Waals surface area contributed by atoms with Crippen molar-refractivity contribution in [3.8, 4) is 0 Å². The Kier molecular flexibility index (Phi) is 28.5. The zero-order valence-corrected chi connectivity index (χ0v) is 29.1. The van der Waals surface area contributed by atoms with E-state index in [9.17, 15) is 9.59 Å². The van der Waals surface area contributed by atoms with Gasteiger partial charge in [0.25, 0.3) is 0 Å². The third-order valence-corrected chi connectivity index (χ3v) is 8.97. The Morgan fingerprint density at radius 1 is 0.756 bits per heavy atom. The number of esters is 2. The Hall–Kier alpha value is -0.920. The van der Waals surface area contributed by atoms with Gasteiger partial charge in [0.2, 0.25) is 0 Å². The van der Waals surface area contributed by atoms with E-state index in [1.807, 2.05) is 14.1 Å². The van der Waals surface area contributed by atoms with Crippen LogP contribution >= 0.6 is 21.6 Å². The number of carbonyl (C=O) groups excluding carboxylic acids is 2. The summed E-state index contributed by atoms with van der Waals surface area (Å²) in [5, 5.41) is 0. The summed E-state index contributed by atoms with van der Waals surface area (Å²) in [5.74, 6) is 0.0508. The topological polar surface area (TPSA) is 55.8 Å². The van der Waals surface area contributed by atoms with Crippen LogP contribution in [0.2, 0.25) is 0 Å². The number of nitrogens with zero attached hydrogens (tertiary/aromatic N) is 1. The van der Waals surface area contributed by atoms with Crippen molar-refractivity contribution < 1.29 is 19.1 Å². The first-order valence-electron chi connectivity index (χ1n) is 16.3. The van der Waals surface area contributed by atoms with E-state index in [2.05, 4.69) is 44.7 Å². The molecule has 0 aromatic carbocycles. The molecule has 0 spiro atoms. The maximum absolute atomic E-state index is 12.6. The second kappa shape index (κ2) is 29.2. The number of rotatable bonds is 28. The lowest BCUT2D eigenvalue weighted by Crippen LogP contribution is -2.18. The first kappa shape index (κ1) is 40.1. The molecule has 0 aromatic rings. The van der Waals surface area contributed by atoms with Gasteiger partial charge in [-0.2, -0.15) is 0 Å². The Balaban J connectivity index is 4.31. The molecule has 0 radical (unpaired) electrons. The number of unbranched alkanes of at least 4 members (excludes halogenated alkanes) is 12. The number of ether oxygens (including phenoxy) is 2. The van der Waals surface area contributed by atoms with Crippen LogP contribution in [0, 0.1) is 0 Å². The summed E-state index contributed by atoms with van der Waals surface area (Å²) in [6.45, 7) is 10.1. The molecule has 41 heavy (non-hydrogen) atoms. The van der Waals surface area contributed by atoms with Crippen molar-refractivity contribution in [1.29, 1.82) is 0 Å². The van der Waals surface area contributed by atoms with Gasteiger partial charge in [-0.3, -0.25) is 9.59 Å². The molecule has 5 nitrogen and oxygen atoms in total. The number of allylic oxidation sites excluding steroid dienone is 3. The maximum atomic E-state index is 12.6. The molecule has 0 rings (SSSR count). The van der Waals surface area contributed by atoms with Crippen molar-refractivity contribution in [2.75, 3.05) is 38.8 Å². The van der Waals surface area contributed by atoms with Crippen LogP contribution in [0.5, 0.6) is 0 Å². The Morgan fingerprint density at radius 3 is 1.88 bits per heavy atom. The molecular formula is C34H63NO4S2. The highest BCUT2D eigenvalue weighted by atomic mass is 33.1. The third kappa shape index (κ3) is 30.3. The monoisotopic (exact) mass is 613 g/mol. The highest BCUT2D eigenvalue weighted by Gasteiger charge is 2.14. The van der Waals surface area contributed by atoms with Crippen molar-refractivity contribution in [1.82, 2.24) is 4.90 Å². The lowest BCUT2D eigenvalue weighted by atomic mass is 10.0. The SMILES string of the molecule is CCCCCCCCCCCCCCC(/C=C(\C)CCC=C(C)C)OC(=O)CSSCC(=O)OCCCCN(C)C. The molecule has 0 aliphatic heterocycles. The summed E-state index contributed by atoms with van der Waals surface area (Å²) in [7, 11) is 6.80. The zero-order chi connectivity index (χ0) is 30.6. The van der Waals surface area contributed by atoms with Crippen molar-refractivity contribution >= 4 is 33.5 Å². The van der Waals surface area contributed by atoms with Crippen molar-refractivity contribution in [2.45, 2.75) is 143 Å². The third-order valence-electron chi connectivity index (χ3n) is 6.89. The fourth-order valence-corrected chi connectivity index (χ4v) is 6.08. The molecule has 240 valence electrons. The standard InChI is InChI=1S/C34H63NO4S2/c1-7-8-9-10-11-12-13-14-15-16-17-18-24-32(27-31(4)23-21-22-30(2)3)39-34(37)29-41-40-28-33(36)38-26-20-19-25-35(5)6/h22,27,32H,7-21,23-26,28-29H2,1-6H3/b31-27+. The van der Waals surface area contributed by atoms with Gasteiger partial charge in [-0.15, -0.1) is 0 Å². The van der Waals surface area contributed by atoms with Crippen molar-refractivity contribution in [2.24, 2.45) is 0 Å². The minimum absolute atomic E-state index is 0.171. The fourth-order valence-electron chi connectivity index (χ4n) is 4.49. The lowest BCUT2D eigenvalue weighted by molar-refractivity contribution is -0.144. The van der Waals surface area contributed by atoms with Crippen LogP contribution in [0.15, 0.2) is 23.3 Å². The smallest absolute Gasteiger partial charge is 0.317 e. The molecule has 0 amide bonds. The van der Waals surface area contributed by atoms with Crippen LogP contribution in [0.25, 0.3) is 0 Å². The zero-order valence-electron chi connectivity index (χ0n) is 27.5. The van der Waals surface area contributed by atoms with Gasteiger partial charge in [-0.25, -0.2) is 0 Å². The molecule has 0 fully saturated rings. The van der Waals surface area contributed by atoms with Gasteiger partial charge in [0.05, 0.1) is 6.61 Å². The van der Waals surface area contributed by atoms with Gasteiger partial charge in [0.15, 0.2) is 0 Å². The van der Waals surface area contributed by atoms with E-state index < -0.39 is 0 Å². The molecule has 1 atom stereocenters. The van der Waals surface area contributed by atoms with Gasteiger partial charge >= 0.3 is 11.9 Å². The quantitative estimate of drug-likeness (QED) is 0.0377. The van der Waals surface area contributed by atoms with E-state index in [4.69, 9.17) is 9.47 Å². The van der Waals surface area contributed by atoms with E-state index in [1.165, 1.54) is 103 Å². The van der Waals surface area contributed by atoms with E-state index in [0.717, 1.165) is 45.1 Å². The van der Waals surface area contributed by atoms with Crippen LogP contribution in [-0.2, 0) is 19.1 Å². The van der Waals surface area contributed by atoms with E-state index >= 15 is 0 Å². The van der Waals surface area contributed by atoms with E-state index in [0.29, 0.717) is 6.61 Å². The first-order valence-corrected chi connectivity index (χ1v) is 18.8. The molecule has 0 heterocycles. The maximum Gasteiger partial charge on any atom is 0.317 e. The molecule has 1 unspecified atom stereocenters. The minimum Gasteiger partial charge on any atom is -0.465 e. The molecule has 0 aliphatic carbocycles. The lowest BCUT2D eigenvalue weighted by Gasteiger charge is -2.16. The van der Waals surface area contributed by atoms with Gasteiger partial charge < -0.3 is 14.4 Å². The second-order valence-electron chi connectivity index (χ2n) is 11.8. The predicted octanol–water partition coefficient (Wildman–Crippen LogP) is 9.95. The second-order valence-corrected chi connectivity index (χ2v) is 14.3. The average molecular weight is 614 g/mol. The summed E-state index contributed by atoms with van der Waals surface area (Å²) < 4.78 is 11.2. The highest BCUT2D eigenvalue weighted by molar-refractivity contribution is 8.77. The van der Waals surface area contributed by atoms with Crippen LogP contribution in [0.4, 0.5) is 0 Å². The van der Waals surface area contributed by atoms with Gasteiger partial charge in [-0.05, 0) is 86.0 Å². The Morgan fingerprint density at radius 2 is 1.32 bits per heavy atom. The number of hydrogen-bond donors (Lipinski definition) is 0. The van der Waals surface area contributed by atoms with Crippen molar-refractivity contribution in [3.63, 3.8) is 0 Å². The summed E-state index contributed by atoms with van der Waals surface area (Å²) in [6.07, 6.45) is 24.8. The molecule has 0 bridgehead atoms. The summed E-state index contributed by atoms with van der Waals surface area (Å²) in [6, 6.07) is 0. The molecular weight excluding hydrogens is 551 g/mol. The Bertz CT molecular complexity index is 705. The average Bonchev–Trinajstić information content (AvgIpc) is 2.91. The van der Waals surface area contributed by atoms with Gasteiger partial charge in [0, 0.05) is 0 Å². The predicted molar refractivity (Wildman–Crippen MR) is 182 cm³/mol. The van der Waals surface area contributed by atoms with Crippen LogP contribution in [0.3, 0.4) is 0 Å². The van der Waals surface area contributed by atoms with Gasteiger partial charge in [-0.1, -0.05) is 116 Å². The number of carbonyl (C=O) groups is 2. The molecule has 0 saturated heterocycles. The Labute approximate surface area is 261 Å². The first-order chi connectivity index (χ1) is 19.7. The fraction of sp³-hybridized carbons (Fsp3) is 0.824. The molecule has 0 N–H and O–H groups in total. The summed E-state index contributed by atoms with van der Waals surface area (Å²) in [4.78, 5) is 26.6. The van der Waals surface area contributed by atoms with Crippen LogP contribution in [-0.4, -0.2) is 61.7 Å². The molecule has 0 aliphatic rings. The largest absolute Gasteiger partial charge is 0.465 e. The molecule has 0 saturated carbocycles. The van der Waals surface area contributed by atoms with E-state index in [-0.39, 0.29) is 29.5 Å². The van der Waals surface area contributed by atoms with Crippen LogP contribution in [0.1, 0.15) is 137 Å². The summed E-state index contributed by atoms with van der Waals surface area (Å²) in [5.41, 5.74) is 2.61. The highest BCUT2D eigenvalue weighted by Crippen LogP contribution is 2.23. The van der Waals surface area contributed by atoms with Crippen molar-refractivity contribution in [3.05, 3.63) is 23.3 Å².